The van der Waals surface area contributed by atoms with Crippen molar-refractivity contribution in [1.29, 1.82) is 0 Å². The van der Waals surface area contributed by atoms with Crippen LogP contribution in [0.2, 0.25) is 5.02 Å². The van der Waals surface area contributed by atoms with Crippen LogP contribution in [0.5, 0.6) is 5.75 Å². The van der Waals surface area contributed by atoms with E-state index in [0.717, 1.165) is 5.56 Å². The summed E-state index contributed by atoms with van der Waals surface area (Å²) in [5.41, 5.74) is 6.49. The van der Waals surface area contributed by atoms with E-state index in [0.29, 0.717) is 22.0 Å². The standard InChI is InChI=1S/C17H15ClN6O3/c1-11-8-13(18)4-7-15(11)27-9-16(25)20-21-17(26)12-2-5-14(6-3-12)24-10-19-22-23-24/h2-8,10H,9H2,1H3,(H,20,25)(H,21,26). The number of aryl methyl sites for hydroxylation is 1. The molecule has 2 amide bonds. The Morgan fingerprint density at radius 1 is 1.15 bits per heavy atom. The van der Waals surface area contributed by atoms with Crippen molar-refractivity contribution in [1.82, 2.24) is 31.1 Å². The van der Waals surface area contributed by atoms with E-state index < -0.39 is 11.8 Å². The van der Waals surface area contributed by atoms with Crippen molar-refractivity contribution in [2.75, 3.05) is 6.61 Å². The zero-order chi connectivity index (χ0) is 19.2. The first kappa shape index (κ1) is 18.3. The Morgan fingerprint density at radius 2 is 1.93 bits per heavy atom. The quantitative estimate of drug-likeness (QED) is 0.642. The van der Waals surface area contributed by atoms with Crippen molar-refractivity contribution in [3.05, 3.63) is 64.9 Å². The molecule has 0 aliphatic carbocycles. The number of rotatable bonds is 5. The molecule has 1 heterocycles. The van der Waals surface area contributed by atoms with Gasteiger partial charge in [0.2, 0.25) is 0 Å². The minimum atomic E-state index is -0.497. The molecule has 2 N–H and O–H groups in total. The monoisotopic (exact) mass is 386 g/mol. The number of amides is 2. The Bertz CT molecular complexity index is 944. The number of nitrogens with one attached hydrogen (secondary N) is 2. The lowest BCUT2D eigenvalue weighted by atomic mass is 10.2. The lowest BCUT2D eigenvalue weighted by molar-refractivity contribution is -0.123. The number of tetrazole rings is 1. The lowest BCUT2D eigenvalue weighted by Gasteiger charge is -2.10. The Hall–Kier alpha value is -3.46. The van der Waals surface area contributed by atoms with E-state index in [1.807, 2.05) is 6.92 Å². The second kappa shape index (κ2) is 8.28. The summed E-state index contributed by atoms with van der Waals surface area (Å²) in [6.45, 7) is 1.57. The summed E-state index contributed by atoms with van der Waals surface area (Å²) in [5, 5.41) is 11.4. The predicted molar refractivity (Wildman–Crippen MR) is 96.4 cm³/mol. The molecule has 10 heteroatoms. The number of hydrazine groups is 1. The van der Waals surface area contributed by atoms with Gasteiger partial charge in [-0.05, 0) is 65.4 Å². The number of nitrogens with zero attached hydrogens (tertiary/aromatic N) is 4. The van der Waals surface area contributed by atoms with E-state index in [4.69, 9.17) is 16.3 Å². The summed E-state index contributed by atoms with van der Waals surface area (Å²) in [7, 11) is 0. The molecular weight excluding hydrogens is 372 g/mol. The average molecular weight is 387 g/mol. The molecule has 27 heavy (non-hydrogen) atoms. The maximum Gasteiger partial charge on any atom is 0.276 e. The van der Waals surface area contributed by atoms with E-state index in [-0.39, 0.29) is 6.61 Å². The predicted octanol–water partition coefficient (Wildman–Crippen LogP) is 1.46. The van der Waals surface area contributed by atoms with Gasteiger partial charge in [-0.15, -0.1) is 5.10 Å². The van der Waals surface area contributed by atoms with Gasteiger partial charge in [-0.1, -0.05) is 11.6 Å². The second-order valence-electron chi connectivity index (χ2n) is 5.50. The molecule has 0 unspecified atom stereocenters. The maximum atomic E-state index is 12.1. The average Bonchev–Trinajstić information content (AvgIpc) is 3.20. The molecule has 3 rings (SSSR count). The third-order valence-electron chi connectivity index (χ3n) is 3.55. The molecule has 0 aliphatic heterocycles. The van der Waals surface area contributed by atoms with Gasteiger partial charge in [0.1, 0.15) is 12.1 Å². The van der Waals surface area contributed by atoms with E-state index in [9.17, 15) is 9.59 Å². The summed E-state index contributed by atoms with van der Waals surface area (Å²) < 4.78 is 6.86. The van der Waals surface area contributed by atoms with Gasteiger partial charge in [-0.25, -0.2) is 4.68 Å². The fraction of sp³-hybridized carbons (Fsp3) is 0.118. The molecule has 3 aromatic rings. The minimum Gasteiger partial charge on any atom is -0.483 e. The molecule has 138 valence electrons. The first-order valence-corrected chi connectivity index (χ1v) is 8.22. The van der Waals surface area contributed by atoms with Gasteiger partial charge in [-0.2, -0.15) is 0 Å². The number of benzene rings is 2. The molecule has 0 radical (unpaired) electrons. The topological polar surface area (TPSA) is 111 Å². The van der Waals surface area contributed by atoms with Crippen molar-refractivity contribution in [3.63, 3.8) is 0 Å². The molecule has 0 saturated heterocycles. The molecule has 0 bridgehead atoms. The fourth-order valence-electron chi connectivity index (χ4n) is 2.20. The van der Waals surface area contributed by atoms with Crippen LogP contribution in [-0.2, 0) is 4.79 Å². The van der Waals surface area contributed by atoms with Crippen molar-refractivity contribution in [2.24, 2.45) is 0 Å². The molecule has 0 saturated carbocycles. The maximum absolute atomic E-state index is 12.1. The highest BCUT2D eigenvalue weighted by Crippen LogP contribution is 2.21. The number of carbonyl (C=O) groups excluding carboxylic acids is 2. The fourth-order valence-corrected chi connectivity index (χ4v) is 2.42. The van der Waals surface area contributed by atoms with Crippen LogP contribution < -0.4 is 15.6 Å². The first-order valence-electron chi connectivity index (χ1n) is 7.84. The van der Waals surface area contributed by atoms with Crippen LogP contribution in [0, 0.1) is 6.92 Å². The first-order chi connectivity index (χ1) is 13.0. The Morgan fingerprint density at radius 3 is 2.59 bits per heavy atom. The summed E-state index contributed by atoms with van der Waals surface area (Å²) in [6, 6.07) is 11.6. The number of carbonyl (C=O) groups is 2. The normalized spacial score (nSPS) is 10.3. The largest absolute Gasteiger partial charge is 0.483 e. The summed E-state index contributed by atoms with van der Waals surface area (Å²) >= 11 is 5.87. The van der Waals surface area contributed by atoms with Gasteiger partial charge in [0.25, 0.3) is 11.8 Å². The minimum absolute atomic E-state index is 0.249. The van der Waals surface area contributed by atoms with Crippen molar-refractivity contribution < 1.29 is 14.3 Å². The molecule has 0 aliphatic rings. The van der Waals surface area contributed by atoms with Crippen molar-refractivity contribution in [2.45, 2.75) is 6.92 Å². The Kier molecular flexibility index (Phi) is 5.62. The van der Waals surface area contributed by atoms with Crippen LogP contribution in [0.15, 0.2) is 48.8 Å². The number of aromatic nitrogens is 4. The van der Waals surface area contributed by atoms with E-state index >= 15 is 0 Å². The van der Waals surface area contributed by atoms with Crippen LogP contribution in [0.25, 0.3) is 5.69 Å². The molecule has 2 aromatic carbocycles. The molecule has 1 aromatic heterocycles. The molecule has 0 atom stereocenters. The van der Waals surface area contributed by atoms with Crippen LogP contribution in [0.3, 0.4) is 0 Å². The zero-order valence-electron chi connectivity index (χ0n) is 14.2. The van der Waals surface area contributed by atoms with Gasteiger partial charge in [-0.3, -0.25) is 20.4 Å². The summed E-state index contributed by atoms with van der Waals surface area (Å²) in [5.74, 6) is -0.420. The van der Waals surface area contributed by atoms with Crippen LogP contribution >= 0.6 is 11.6 Å². The van der Waals surface area contributed by atoms with Gasteiger partial charge in [0.15, 0.2) is 6.61 Å². The van der Waals surface area contributed by atoms with Gasteiger partial charge in [0.05, 0.1) is 5.69 Å². The summed E-state index contributed by atoms with van der Waals surface area (Å²) in [4.78, 5) is 23.9. The van der Waals surface area contributed by atoms with E-state index in [2.05, 4.69) is 26.4 Å². The third kappa shape index (κ3) is 4.79. The molecule has 9 nitrogen and oxygen atoms in total. The highest BCUT2D eigenvalue weighted by atomic mass is 35.5. The Labute approximate surface area is 159 Å². The van der Waals surface area contributed by atoms with Gasteiger partial charge in [0, 0.05) is 10.6 Å². The number of ether oxygens (including phenoxy) is 1. The van der Waals surface area contributed by atoms with E-state index in [1.165, 1.54) is 11.0 Å². The van der Waals surface area contributed by atoms with Crippen LogP contribution in [0.1, 0.15) is 15.9 Å². The molecule has 0 spiro atoms. The third-order valence-corrected chi connectivity index (χ3v) is 3.79. The Balaban J connectivity index is 1.49. The van der Waals surface area contributed by atoms with Crippen molar-refractivity contribution >= 4 is 23.4 Å². The van der Waals surface area contributed by atoms with Gasteiger partial charge < -0.3 is 4.74 Å². The highest BCUT2D eigenvalue weighted by Gasteiger charge is 2.09. The molecular formula is C17H15ClN6O3. The van der Waals surface area contributed by atoms with E-state index in [1.54, 1.807) is 42.5 Å². The SMILES string of the molecule is Cc1cc(Cl)ccc1OCC(=O)NNC(=O)c1ccc(-n2cnnn2)cc1. The second-order valence-corrected chi connectivity index (χ2v) is 5.94. The lowest BCUT2D eigenvalue weighted by Crippen LogP contribution is -2.43. The molecule has 0 fully saturated rings. The summed E-state index contributed by atoms with van der Waals surface area (Å²) in [6.07, 6.45) is 1.44. The smallest absolute Gasteiger partial charge is 0.276 e. The van der Waals surface area contributed by atoms with Gasteiger partial charge >= 0.3 is 0 Å². The van der Waals surface area contributed by atoms with Crippen LogP contribution in [-0.4, -0.2) is 38.6 Å². The van der Waals surface area contributed by atoms with Crippen molar-refractivity contribution in [3.8, 4) is 11.4 Å². The zero-order valence-corrected chi connectivity index (χ0v) is 15.0. The van der Waals surface area contributed by atoms with Crippen LogP contribution in [0.4, 0.5) is 0 Å². The number of hydrogen-bond donors (Lipinski definition) is 2. The number of hydrogen-bond acceptors (Lipinski definition) is 6. The highest BCUT2D eigenvalue weighted by molar-refractivity contribution is 6.30. The number of halogens is 1.